The molecule has 0 fully saturated rings. The SMILES string of the molecule is Cc1ccc2c(C)cc(C)c(CCCO)c2c1. The van der Waals surface area contributed by atoms with Crippen molar-refractivity contribution >= 4 is 10.8 Å². The van der Waals surface area contributed by atoms with E-state index in [0.717, 1.165) is 12.8 Å². The number of rotatable bonds is 3. The number of aliphatic hydroxyl groups is 1. The Labute approximate surface area is 103 Å². The molecule has 1 nitrogen and oxygen atoms in total. The van der Waals surface area contributed by atoms with Crippen molar-refractivity contribution in [2.75, 3.05) is 6.61 Å². The zero-order valence-corrected chi connectivity index (χ0v) is 10.9. The van der Waals surface area contributed by atoms with E-state index >= 15 is 0 Å². The average Bonchev–Trinajstić information content (AvgIpc) is 2.28. The second-order valence-corrected chi connectivity index (χ2v) is 4.87. The molecule has 0 spiro atoms. The van der Waals surface area contributed by atoms with Crippen LogP contribution in [0, 0.1) is 20.8 Å². The fourth-order valence-corrected chi connectivity index (χ4v) is 2.54. The number of hydrogen-bond acceptors (Lipinski definition) is 1. The second-order valence-electron chi connectivity index (χ2n) is 4.87. The van der Waals surface area contributed by atoms with E-state index in [1.165, 1.54) is 33.0 Å². The van der Waals surface area contributed by atoms with Crippen molar-refractivity contribution in [2.45, 2.75) is 33.6 Å². The molecule has 0 aliphatic carbocycles. The monoisotopic (exact) mass is 228 g/mol. The van der Waals surface area contributed by atoms with Crippen LogP contribution < -0.4 is 0 Å². The highest BCUT2D eigenvalue weighted by Gasteiger charge is 2.07. The Bertz CT molecular complexity index is 541. The number of benzene rings is 2. The molecular formula is C16H20O. The van der Waals surface area contributed by atoms with Crippen molar-refractivity contribution in [3.63, 3.8) is 0 Å². The molecular weight excluding hydrogens is 208 g/mol. The van der Waals surface area contributed by atoms with Crippen molar-refractivity contribution in [1.29, 1.82) is 0 Å². The lowest BCUT2D eigenvalue weighted by Gasteiger charge is -2.13. The topological polar surface area (TPSA) is 20.2 Å². The molecule has 0 amide bonds. The predicted octanol–water partition coefficient (Wildman–Crippen LogP) is 3.69. The third-order valence-corrected chi connectivity index (χ3v) is 3.42. The fraction of sp³-hybridized carbons (Fsp3) is 0.375. The Morgan fingerprint density at radius 2 is 1.71 bits per heavy atom. The van der Waals surface area contributed by atoms with Crippen LogP contribution in [0.4, 0.5) is 0 Å². The smallest absolute Gasteiger partial charge is 0.0434 e. The van der Waals surface area contributed by atoms with Gasteiger partial charge in [0.15, 0.2) is 0 Å². The van der Waals surface area contributed by atoms with Crippen LogP contribution >= 0.6 is 0 Å². The van der Waals surface area contributed by atoms with Crippen LogP contribution in [0.5, 0.6) is 0 Å². The van der Waals surface area contributed by atoms with Crippen LogP contribution in [-0.4, -0.2) is 11.7 Å². The molecule has 90 valence electrons. The molecule has 1 heteroatoms. The van der Waals surface area contributed by atoms with Crippen molar-refractivity contribution in [1.82, 2.24) is 0 Å². The summed E-state index contributed by atoms with van der Waals surface area (Å²) in [5.41, 5.74) is 5.37. The van der Waals surface area contributed by atoms with Gasteiger partial charge in [0.2, 0.25) is 0 Å². The zero-order valence-electron chi connectivity index (χ0n) is 10.9. The van der Waals surface area contributed by atoms with Gasteiger partial charge in [-0.2, -0.15) is 0 Å². The van der Waals surface area contributed by atoms with Gasteiger partial charge in [-0.1, -0.05) is 29.8 Å². The average molecular weight is 228 g/mol. The molecule has 0 aliphatic heterocycles. The van der Waals surface area contributed by atoms with Crippen molar-refractivity contribution in [2.24, 2.45) is 0 Å². The molecule has 0 radical (unpaired) electrons. The minimum absolute atomic E-state index is 0.265. The molecule has 1 N–H and O–H groups in total. The van der Waals surface area contributed by atoms with Crippen LogP contribution in [0.25, 0.3) is 10.8 Å². The van der Waals surface area contributed by atoms with Crippen molar-refractivity contribution in [3.05, 3.63) is 46.5 Å². The molecule has 0 saturated heterocycles. The van der Waals surface area contributed by atoms with E-state index in [-0.39, 0.29) is 6.61 Å². The Morgan fingerprint density at radius 1 is 0.941 bits per heavy atom. The van der Waals surface area contributed by atoms with Gasteiger partial charge in [0, 0.05) is 6.61 Å². The van der Waals surface area contributed by atoms with Crippen LogP contribution in [0.2, 0.25) is 0 Å². The van der Waals surface area contributed by atoms with Gasteiger partial charge in [-0.05, 0) is 61.1 Å². The van der Waals surface area contributed by atoms with Crippen molar-refractivity contribution < 1.29 is 5.11 Å². The molecule has 0 aromatic heterocycles. The summed E-state index contributed by atoms with van der Waals surface area (Å²) >= 11 is 0. The molecule has 0 unspecified atom stereocenters. The highest BCUT2D eigenvalue weighted by molar-refractivity contribution is 5.90. The highest BCUT2D eigenvalue weighted by atomic mass is 16.2. The molecule has 17 heavy (non-hydrogen) atoms. The number of hydrogen-bond donors (Lipinski definition) is 1. The first-order valence-electron chi connectivity index (χ1n) is 6.24. The summed E-state index contributed by atoms with van der Waals surface area (Å²) < 4.78 is 0. The third kappa shape index (κ3) is 2.34. The molecule has 0 atom stereocenters. The number of aryl methyl sites for hydroxylation is 4. The van der Waals surface area contributed by atoms with E-state index in [1.54, 1.807) is 0 Å². The Balaban J connectivity index is 2.66. The molecule has 2 aromatic rings. The van der Waals surface area contributed by atoms with Gasteiger partial charge in [-0.15, -0.1) is 0 Å². The van der Waals surface area contributed by atoms with Gasteiger partial charge < -0.3 is 5.11 Å². The quantitative estimate of drug-likeness (QED) is 0.849. The minimum Gasteiger partial charge on any atom is -0.396 e. The van der Waals surface area contributed by atoms with E-state index in [1.807, 2.05) is 0 Å². The Hall–Kier alpha value is -1.34. The lowest BCUT2D eigenvalue weighted by atomic mass is 9.92. The van der Waals surface area contributed by atoms with Crippen LogP contribution in [-0.2, 0) is 6.42 Å². The van der Waals surface area contributed by atoms with E-state index < -0.39 is 0 Å². The highest BCUT2D eigenvalue weighted by Crippen LogP contribution is 2.27. The summed E-state index contributed by atoms with van der Waals surface area (Å²) in [6.07, 6.45) is 1.80. The number of aliphatic hydroxyl groups excluding tert-OH is 1. The van der Waals surface area contributed by atoms with Gasteiger partial charge in [0.1, 0.15) is 0 Å². The first kappa shape index (κ1) is 12.1. The second kappa shape index (κ2) is 4.89. The van der Waals surface area contributed by atoms with Crippen LogP contribution in [0.15, 0.2) is 24.3 Å². The summed E-state index contributed by atoms with van der Waals surface area (Å²) in [4.78, 5) is 0. The van der Waals surface area contributed by atoms with Gasteiger partial charge in [-0.3, -0.25) is 0 Å². The predicted molar refractivity (Wildman–Crippen MR) is 73.6 cm³/mol. The van der Waals surface area contributed by atoms with Gasteiger partial charge in [0.05, 0.1) is 0 Å². The van der Waals surface area contributed by atoms with E-state index in [2.05, 4.69) is 45.0 Å². The maximum absolute atomic E-state index is 9.00. The normalized spacial score (nSPS) is 11.1. The first-order valence-corrected chi connectivity index (χ1v) is 6.24. The summed E-state index contributed by atoms with van der Waals surface area (Å²) in [5.74, 6) is 0. The lowest BCUT2D eigenvalue weighted by Crippen LogP contribution is -1.96. The van der Waals surface area contributed by atoms with Crippen molar-refractivity contribution in [3.8, 4) is 0 Å². The fourth-order valence-electron chi connectivity index (χ4n) is 2.54. The Morgan fingerprint density at radius 3 is 2.41 bits per heavy atom. The molecule has 0 saturated carbocycles. The summed E-state index contributed by atoms with van der Waals surface area (Å²) in [5, 5.41) is 11.7. The minimum atomic E-state index is 0.265. The summed E-state index contributed by atoms with van der Waals surface area (Å²) in [7, 11) is 0. The third-order valence-electron chi connectivity index (χ3n) is 3.42. The van der Waals surface area contributed by atoms with Gasteiger partial charge in [0.25, 0.3) is 0 Å². The van der Waals surface area contributed by atoms with E-state index in [9.17, 15) is 0 Å². The molecule has 0 aliphatic rings. The molecule has 2 aromatic carbocycles. The maximum atomic E-state index is 9.00. The number of fused-ring (bicyclic) bond motifs is 1. The zero-order chi connectivity index (χ0) is 12.4. The first-order chi connectivity index (χ1) is 8.13. The van der Waals surface area contributed by atoms with Gasteiger partial charge >= 0.3 is 0 Å². The van der Waals surface area contributed by atoms with Crippen LogP contribution in [0.3, 0.4) is 0 Å². The van der Waals surface area contributed by atoms with Crippen LogP contribution in [0.1, 0.15) is 28.7 Å². The maximum Gasteiger partial charge on any atom is 0.0434 e. The molecule has 0 bridgehead atoms. The standard InChI is InChI=1S/C16H20O/c1-11-6-7-15-13(3)10-12(2)14(5-4-8-17)16(15)9-11/h6-7,9-10,17H,4-5,8H2,1-3H3. The van der Waals surface area contributed by atoms with E-state index in [4.69, 9.17) is 5.11 Å². The molecule has 0 heterocycles. The Kier molecular flexibility index (Phi) is 3.49. The van der Waals surface area contributed by atoms with E-state index in [0.29, 0.717) is 0 Å². The summed E-state index contributed by atoms with van der Waals surface area (Å²) in [6.45, 7) is 6.73. The summed E-state index contributed by atoms with van der Waals surface area (Å²) in [6, 6.07) is 8.90. The largest absolute Gasteiger partial charge is 0.396 e. The van der Waals surface area contributed by atoms with Gasteiger partial charge in [-0.25, -0.2) is 0 Å². The lowest BCUT2D eigenvalue weighted by molar-refractivity contribution is 0.288. The molecule has 2 rings (SSSR count).